The molecule has 0 unspecified atom stereocenters. The number of nitrogens with one attached hydrogen (secondary N) is 1. The number of hydrogen-bond donors (Lipinski definition) is 1. The van der Waals surface area contributed by atoms with E-state index in [9.17, 15) is 19.7 Å². The van der Waals surface area contributed by atoms with Crippen LogP contribution in [0.4, 0.5) is 11.6 Å². The molecule has 8 heteroatoms. The Bertz CT molecular complexity index is 886. The van der Waals surface area contributed by atoms with Crippen LogP contribution in [-0.2, 0) is 14.3 Å². The molecule has 0 saturated heterocycles. The molecule has 1 aromatic heterocycles. The highest BCUT2D eigenvalue weighted by Crippen LogP contribution is 2.26. The zero-order valence-corrected chi connectivity index (χ0v) is 15.9. The lowest BCUT2D eigenvalue weighted by molar-refractivity contribution is -0.402. The van der Waals surface area contributed by atoms with E-state index in [0.717, 1.165) is 18.1 Å². The Morgan fingerprint density at radius 2 is 1.96 bits per heavy atom. The molecule has 1 N–H and O–H groups in total. The van der Waals surface area contributed by atoms with E-state index < -0.39 is 28.8 Å². The second kappa shape index (κ2) is 9.50. The monoisotopic (exact) mass is 386 g/mol. The number of para-hydroxylation sites is 1. The van der Waals surface area contributed by atoms with Gasteiger partial charge in [-0.3, -0.25) is 14.9 Å². The van der Waals surface area contributed by atoms with Gasteiger partial charge in [0, 0.05) is 11.8 Å². The van der Waals surface area contributed by atoms with Crippen LogP contribution in [0.1, 0.15) is 44.4 Å². The third-order valence-electron chi connectivity index (χ3n) is 4.20. The molecule has 28 heavy (non-hydrogen) atoms. The van der Waals surface area contributed by atoms with Gasteiger partial charge in [0.2, 0.25) is 0 Å². The van der Waals surface area contributed by atoms with Crippen molar-refractivity contribution >= 4 is 29.5 Å². The summed E-state index contributed by atoms with van der Waals surface area (Å²) in [5, 5.41) is 13.3. The first-order valence-corrected chi connectivity index (χ1v) is 8.84. The van der Waals surface area contributed by atoms with E-state index in [0.29, 0.717) is 5.69 Å². The molecule has 0 bridgehead atoms. The number of anilines is 1. The molecule has 2 atom stereocenters. The van der Waals surface area contributed by atoms with Crippen LogP contribution in [0.2, 0.25) is 0 Å². The van der Waals surface area contributed by atoms with Gasteiger partial charge in [0.25, 0.3) is 5.91 Å². The molecule has 1 heterocycles. The average Bonchev–Trinajstić information content (AvgIpc) is 3.15. The Morgan fingerprint density at radius 1 is 1.25 bits per heavy atom. The highest BCUT2D eigenvalue weighted by molar-refractivity contribution is 5.97. The van der Waals surface area contributed by atoms with Gasteiger partial charge >= 0.3 is 11.9 Å². The van der Waals surface area contributed by atoms with Gasteiger partial charge in [-0.25, -0.2) is 4.79 Å². The van der Waals surface area contributed by atoms with E-state index in [-0.39, 0.29) is 11.7 Å². The summed E-state index contributed by atoms with van der Waals surface area (Å²) < 4.78 is 9.97. The maximum atomic E-state index is 12.4. The normalized spacial score (nSPS) is 13.1. The molecular weight excluding hydrogens is 364 g/mol. The number of carbonyl (C=O) groups is 2. The van der Waals surface area contributed by atoms with Gasteiger partial charge in [0.15, 0.2) is 6.10 Å². The number of nitro groups is 1. The van der Waals surface area contributed by atoms with Crippen molar-refractivity contribution in [1.82, 2.24) is 0 Å². The van der Waals surface area contributed by atoms with Gasteiger partial charge in [-0.05, 0) is 43.0 Å². The number of ether oxygens (including phenoxy) is 1. The highest BCUT2D eigenvalue weighted by atomic mass is 16.6. The minimum Gasteiger partial charge on any atom is -0.449 e. The lowest BCUT2D eigenvalue weighted by Crippen LogP contribution is -2.29. The Hall–Kier alpha value is -3.42. The maximum absolute atomic E-state index is 12.4. The fourth-order valence-corrected chi connectivity index (χ4v) is 2.44. The van der Waals surface area contributed by atoms with Crippen molar-refractivity contribution in [3.63, 3.8) is 0 Å². The lowest BCUT2D eigenvalue weighted by Gasteiger charge is -2.17. The Kier molecular flexibility index (Phi) is 7.08. The number of amides is 1. The molecule has 0 radical (unpaired) electrons. The number of benzene rings is 1. The molecule has 2 aromatic rings. The Labute approximate surface area is 162 Å². The SMILES string of the molecule is CC[C@@H](C)c1ccccc1NC(=O)[C@@H](C)OC(=O)/C=C/c1ccc([N+](=O)[O-])o1. The number of rotatable bonds is 8. The van der Waals surface area contributed by atoms with Crippen LogP contribution in [-0.4, -0.2) is 22.9 Å². The van der Waals surface area contributed by atoms with Crippen LogP contribution in [0, 0.1) is 10.1 Å². The molecule has 0 aliphatic rings. The zero-order chi connectivity index (χ0) is 20.7. The topological polar surface area (TPSA) is 112 Å². The van der Waals surface area contributed by atoms with Crippen molar-refractivity contribution in [2.45, 2.75) is 39.2 Å². The predicted molar refractivity (Wildman–Crippen MR) is 104 cm³/mol. The second-order valence-corrected chi connectivity index (χ2v) is 6.23. The number of furan rings is 1. The van der Waals surface area contributed by atoms with E-state index in [1.807, 2.05) is 18.2 Å². The number of carbonyl (C=O) groups excluding carboxylic acids is 2. The van der Waals surface area contributed by atoms with Crippen molar-refractivity contribution < 1.29 is 23.7 Å². The smallest absolute Gasteiger partial charge is 0.433 e. The van der Waals surface area contributed by atoms with Gasteiger partial charge in [0.1, 0.15) is 10.7 Å². The summed E-state index contributed by atoms with van der Waals surface area (Å²) >= 11 is 0. The van der Waals surface area contributed by atoms with Crippen molar-refractivity contribution in [3.8, 4) is 0 Å². The standard InChI is InChI=1S/C20H22N2O6/c1-4-13(2)16-7-5-6-8-17(16)21-20(24)14(3)27-19(23)12-10-15-9-11-18(28-15)22(25)26/h5-14H,4H2,1-3H3,(H,21,24)/b12-10+/t13-,14-/m1/s1. The average molecular weight is 386 g/mol. The minimum absolute atomic E-state index is 0.128. The first-order chi connectivity index (χ1) is 13.3. The van der Waals surface area contributed by atoms with E-state index in [2.05, 4.69) is 19.2 Å². The Balaban J connectivity index is 1.95. The van der Waals surface area contributed by atoms with Crippen LogP contribution in [0.3, 0.4) is 0 Å². The summed E-state index contributed by atoms with van der Waals surface area (Å²) in [6.45, 7) is 5.59. The molecule has 0 fully saturated rings. The second-order valence-electron chi connectivity index (χ2n) is 6.23. The van der Waals surface area contributed by atoms with Crippen LogP contribution in [0.15, 0.2) is 46.9 Å². The predicted octanol–water partition coefficient (Wildman–Crippen LogP) is 4.28. The van der Waals surface area contributed by atoms with E-state index in [1.165, 1.54) is 25.1 Å². The fourth-order valence-electron chi connectivity index (χ4n) is 2.44. The Morgan fingerprint density at radius 3 is 2.61 bits per heavy atom. The van der Waals surface area contributed by atoms with Crippen molar-refractivity contribution in [3.05, 3.63) is 63.9 Å². The fraction of sp³-hybridized carbons (Fsp3) is 0.300. The molecule has 1 amide bonds. The highest BCUT2D eigenvalue weighted by Gasteiger charge is 2.19. The molecule has 0 aliphatic heterocycles. The van der Waals surface area contributed by atoms with Gasteiger partial charge in [0.05, 0.1) is 6.07 Å². The summed E-state index contributed by atoms with van der Waals surface area (Å²) in [4.78, 5) is 34.1. The molecule has 8 nitrogen and oxygen atoms in total. The van der Waals surface area contributed by atoms with Crippen molar-refractivity contribution in [2.75, 3.05) is 5.32 Å². The van der Waals surface area contributed by atoms with Crippen molar-refractivity contribution in [1.29, 1.82) is 0 Å². The van der Waals surface area contributed by atoms with Crippen LogP contribution in [0.25, 0.3) is 6.08 Å². The van der Waals surface area contributed by atoms with Gasteiger partial charge in [-0.2, -0.15) is 0 Å². The van der Waals surface area contributed by atoms with Gasteiger partial charge in [-0.15, -0.1) is 0 Å². The third kappa shape index (κ3) is 5.54. The molecule has 0 saturated carbocycles. The van der Waals surface area contributed by atoms with E-state index in [1.54, 1.807) is 6.07 Å². The summed E-state index contributed by atoms with van der Waals surface area (Å²) in [6.07, 6.45) is 2.18. The maximum Gasteiger partial charge on any atom is 0.433 e. The number of hydrogen-bond acceptors (Lipinski definition) is 6. The molecule has 2 rings (SSSR count). The molecule has 0 spiro atoms. The molecular formula is C20H22N2O6. The molecule has 148 valence electrons. The largest absolute Gasteiger partial charge is 0.449 e. The van der Waals surface area contributed by atoms with Crippen LogP contribution in [0.5, 0.6) is 0 Å². The van der Waals surface area contributed by atoms with Gasteiger partial charge in [-0.1, -0.05) is 32.0 Å². The third-order valence-corrected chi connectivity index (χ3v) is 4.20. The van der Waals surface area contributed by atoms with E-state index in [4.69, 9.17) is 9.15 Å². The number of nitrogens with zero attached hydrogens (tertiary/aromatic N) is 1. The minimum atomic E-state index is -1.02. The summed E-state index contributed by atoms with van der Waals surface area (Å²) in [7, 11) is 0. The van der Waals surface area contributed by atoms with E-state index >= 15 is 0 Å². The summed E-state index contributed by atoms with van der Waals surface area (Å²) in [6, 6.07) is 10.0. The lowest BCUT2D eigenvalue weighted by atomic mass is 9.97. The quantitative estimate of drug-likeness (QED) is 0.314. The first-order valence-electron chi connectivity index (χ1n) is 8.84. The summed E-state index contributed by atoms with van der Waals surface area (Å²) in [5.41, 5.74) is 1.69. The van der Waals surface area contributed by atoms with Crippen molar-refractivity contribution in [2.24, 2.45) is 0 Å². The molecule has 0 aliphatic carbocycles. The van der Waals surface area contributed by atoms with Crippen LogP contribution >= 0.6 is 0 Å². The first kappa shape index (κ1) is 20.9. The van der Waals surface area contributed by atoms with Crippen LogP contribution < -0.4 is 5.32 Å². The number of esters is 1. The zero-order valence-electron chi connectivity index (χ0n) is 15.9. The summed E-state index contributed by atoms with van der Waals surface area (Å²) in [5.74, 6) is -1.25. The van der Waals surface area contributed by atoms with Gasteiger partial charge < -0.3 is 14.5 Å². The molecule has 1 aromatic carbocycles.